The average Bonchev–Trinajstić information content (AvgIpc) is 3.47. The topological polar surface area (TPSA) is 126 Å². The van der Waals surface area contributed by atoms with Crippen LogP contribution in [0.15, 0.2) is 41.2 Å². The fraction of sp³-hybridized carbons (Fsp3) is 0.458. The summed E-state index contributed by atoms with van der Waals surface area (Å²) < 4.78 is 40.0. The Morgan fingerprint density at radius 2 is 1.80 bits per heavy atom. The van der Waals surface area contributed by atoms with Crippen molar-refractivity contribution in [2.24, 2.45) is 0 Å². The number of aromatic nitrogens is 6. The van der Waals surface area contributed by atoms with Gasteiger partial charge in [0.15, 0.2) is 26.9 Å². The Balaban J connectivity index is 1.51. The third-order valence-corrected chi connectivity index (χ3v) is 8.92. The summed E-state index contributed by atoms with van der Waals surface area (Å²) >= 11 is 0. The molecule has 0 unspecified atom stereocenters. The van der Waals surface area contributed by atoms with E-state index in [0.29, 0.717) is 42.0 Å². The lowest BCUT2D eigenvalue weighted by molar-refractivity contribution is 0.0693. The normalized spacial score (nSPS) is 17.0. The van der Waals surface area contributed by atoms with E-state index >= 15 is 0 Å². The van der Waals surface area contributed by atoms with Crippen molar-refractivity contribution in [3.8, 4) is 11.5 Å². The number of benzene rings is 1. The number of para-hydroxylation sites is 1. The SMILES string of the molecule is Cc1cnc([C@@H](C)[C@H](C)S(=O)(=O)Cc2nnc(-c3noc4ccccc34)n2C2CCOCC2)nc1. The van der Waals surface area contributed by atoms with Crippen molar-refractivity contribution < 1.29 is 17.7 Å². The minimum atomic E-state index is -3.61. The molecule has 11 heteroatoms. The molecule has 1 fully saturated rings. The highest BCUT2D eigenvalue weighted by Gasteiger charge is 2.34. The maximum absolute atomic E-state index is 13.5. The molecule has 10 nitrogen and oxygen atoms in total. The van der Waals surface area contributed by atoms with E-state index in [1.54, 1.807) is 19.3 Å². The van der Waals surface area contributed by atoms with E-state index in [4.69, 9.17) is 9.26 Å². The van der Waals surface area contributed by atoms with Gasteiger partial charge in [0.25, 0.3) is 0 Å². The fourth-order valence-electron chi connectivity index (χ4n) is 4.43. The molecule has 1 aromatic carbocycles. The van der Waals surface area contributed by atoms with Gasteiger partial charge in [0.05, 0.1) is 10.6 Å². The molecule has 35 heavy (non-hydrogen) atoms. The Morgan fingerprint density at radius 1 is 1.09 bits per heavy atom. The second kappa shape index (κ2) is 9.46. The van der Waals surface area contributed by atoms with Crippen molar-refractivity contribution in [2.75, 3.05) is 13.2 Å². The lowest BCUT2D eigenvalue weighted by Crippen LogP contribution is -2.29. The molecule has 4 heterocycles. The predicted octanol–water partition coefficient (Wildman–Crippen LogP) is 3.64. The van der Waals surface area contributed by atoms with Crippen LogP contribution in [0.2, 0.25) is 0 Å². The maximum Gasteiger partial charge on any atom is 0.187 e. The summed E-state index contributed by atoms with van der Waals surface area (Å²) in [5, 5.41) is 13.1. The van der Waals surface area contributed by atoms with E-state index in [2.05, 4.69) is 25.3 Å². The predicted molar refractivity (Wildman–Crippen MR) is 129 cm³/mol. The van der Waals surface area contributed by atoms with Gasteiger partial charge in [0, 0.05) is 37.6 Å². The molecule has 0 N–H and O–H groups in total. The monoisotopic (exact) mass is 496 g/mol. The number of sulfone groups is 1. The fourth-order valence-corrected chi connectivity index (χ4v) is 5.99. The summed E-state index contributed by atoms with van der Waals surface area (Å²) in [7, 11) is -3.61. The third-order valence-electron chi connectivity index (χ3n) is 6.72. The Bertz CT molecular complexity index is 1420. The van der Waals surface area contributed by atoms with Crippen molar-refractivity contribution in [2.45, 2.75) is 56.6 Å². The Labute approximate surface area is 203 Å². The van der Waals surface area contributed by atoms with Crippen LogP contribution in [0.4, 0.5) is 0 Å². The van der Waals surface area contributed by atoms with Crippen LogP contribution in [0.25, 0.3) is 22.5 Å². The first-order valence-corrected chi connectivity index (χ1v) is 13.4. The summed E-state index contributed by atoms with van der Waals surface area (Å²) in [5.74, 6) is 0.786. The summed E-state index contributed by atoms with van der Waals surface area (Å²) in [5.41, 5.74) is 2.12. The van der Waals surface area contributed by atoms with Crippen LogP contribution in [0.5, 0.6) is 0 Å². The Kier molecular flexibility index (Phi) is 6.37. The van der Waals surface area contributed by atoms with E-state index in [1.807, 2.05) is 42.7 Å². The van der Waals surface area contributed by atoms with Crippen LogP contribution >= 0.6 is 0 Å². The summed E-state index contributed by atoms with van der Waals surface area (Å²) in [6.07, 6.45) is 4.87. The highest BCUT2D eigenvalue weighted by Crippen LogP contribution is 2.33. The molecule has 0 spiro atoms. The molecule has 0 saturated carbocycles. The maximum atomic E-state index is 13.5. The van der Waals surface area contributed by atoms with E-state index in [0.717, 1.165) is 23.8 Å². The Hall–Kier alpha value is -3.18. The van der Waals surface area contributed by atoms with Gasteiger partial charge in [-0.15, -0.1) is 10.2 Å². The van der Waals surface area contributed by atoms with Crippen LogP contribution in [-0.4, -0.2) is 56.8 Å². The van der Waals surface area contributed by atoms with Crippen LogP contribution < -0.4 is 0 Å². The first-order chi connectivity index (χ1) is 16.8. The molecule has 3 aromatic heterocycles. The van der Waals surface area contributed by atoms with Gasteiger partial charge < -0.3 is 13.8 Å². The van der Waals surface area contributed by atoms with Crippen LogP contribution in [-0.2, 0) is 20.3 Å². The lowest BCUT2D eigenvalue weighted by Gasteiger charge is -2.26. The van der Waals surface area contributed by atoms with Crippen molar-refractivity contribution in [3.05, 3.63) is 53.9 Å². The Morgan fingerprint density at radius 3 is 2.54 bits per heavy atom. The minimum Gasteiger partial charge on any atom is -0.381 e. The van der Waals surface area contributed by atoms with Crippen molar-refractivity contribution in [1.82, 2.24) is 29.9 Å². The zero-order valence-electron chi connectivity index (χ0n) is 20.0. The number of rotatable bonds is 7. The van der Waals surface area contributed by atoms with Crippen LogP contribution in [0, 0.1) is 6.92 Å². The molecule has 1 saturated heterocycles. The first-order valence-electron chi connectivity index (χ1n) is 11.7. The molecular formula is C24H28N6O4S. The van der Waals surface area contributed by atoms with Gasteiger partial charge in [-0.3, -0.25) is 0 Å². The molecule has 0 bridgehead atoms. The number of aryl methyl sites for hydroxylation is 1. The van der Waals surface area contributed by atoms with Crippen molar-refractivity contribution in [3.63, 3.8) is 0 Å². The molecule has 1 aliphatic rings. The third kappa shape index (κ3) is 4.57. The van der Waals surface area contributed by atoms with E-state index in [1.165, 1.54) is 0 Å². The molecule has 0 aliphatic carbocycles. The largest absolute Gasteiger partial charge is 0.381 e. The second-order valence-electron chi connectivity index (χ2n) is 9.10. The summed E-state index contributed by atoms with van der Waals surface area (Å²) in [4.78, 5) is 8.67. The van der Waals surface area contributed by atoms with E-state index in [9.17, 15) is 8.42 Å². The van der Waals surface area contributed by atoms with Gasteiger partial charge in [-0.25, -0.2) is 18.4 Å². The van der Waals surface area contributed by atoms with Crippen molar-refractivity contribution in [1.29, 1.82) is 0 Å². The first kappa shape index (κ1) is 23.6. The van der Waals surface area contributed by atoms with E-state index in [-0.39, 0.29) is 17.7 Å². The molecule has 2 atom stereocenters. The number of ether oxygens (including phenoxy) is 1. The molecule has 1 aliphatic heterocycles. The van der Waals surface area contributed by atoms with Gasteiger partial charge >= 0.3 is 0 Å². The minimum absolute atomic E-state index is 0.00238. The number of fused-ring (bicyclic) bond motifs is 1. The molecular weight excluding hydrogens is 468 g/mol. The quantitative estimate of drug-likeness (QED) is 0.377. The number of hydrogen-bond donors (Lipinski definition) is 0. The summed E-state index contributed by atoms with van der Waals surface area (Å²) in [6, 6.07) is 7.52. The second-order valence-corrected chi connectivity index (χ2v) is 11.5. The number of nitrogens with zero attached hydrogens (tertiary/aromatic N) is 6. The lowest BCUT2D eigenvalue weighted by atomic mass is 10.1. The van der Waals surface area contributed by atoms with Gasteiger partial charge in [0.2, 0.25) is 0 Å². The standard InChI is InChI=1S/C24H28N6O4S/c1-15-12-25-23(26-13-15)16(2)17(3)35(31,32)14-21-27-28-24(30(21)18-8-10-33-11-9-18)22-19-6-4-5-7-20(19)34-29-22/h4-7,12-13,16-18H,8-11,14H2,1-3H3/t16-,17-/m0/s1. The van der Waals surface area contributed by atoms with E-state index < -0.39 is 15.1 Å². The smallest absolute Gasteiger partial charge is 0.187 e. The molecule has 4 aromatic rings. The van der Waals surface area contributed by atoms with Crippen LogP contribution in [0.3, 0.4) is 0 Å². The molecule has 184 valence electrons. The zero-order valence-corrected chi connectivity index (χ0v) is 20.8. The van der Waals surface area contributed by atoms with Gasteiger partial charge in [-0.2, -0.15) is 0 Å². The molecule has 5 rings (SSSR count). The average molecular weight is 497 g/mol. The van der Waals surface area contributed by atoms with Crippen molar-refractivity contribution >= 4 is 20.8 Å². The zero-order chi connectivity index (χ0) is 24.6. The van der Waals surface area contributed by atoms with Gasteiger partial charge in [-0.1, -0.05) is 24.2 Å². The molecule has 0 radical (unpaired) electrons. The summed E-state index contributed by atoms with van der Waals surface area (Å²) in [6.45, 7) is 6.61. The van der Waals surface area contributed by atoms with Gasteiger partial charge in [-0.05, 0) is 44.4 Å². The highest BCUT2D eigenvalue weighted by atomic mass is 32.2. The highest BCUT2D eigenvalue weighted by molar-refractivity contribution is 7.91. The number of hydrogen-bond acceptors (Lipinski definition) is 9. The van der Waals surface area contributed by atoms with Gasteiger partial charge in [0.1, 0.15) is 17.4 Å². The molecule has 0 amide bonds. The van der Waals surface area contributed by atoms with Crippen LogP contribution in [0.1, 0.15) is 55.9 Å².